The predicted octanol–water partition coefficient (Wildman–Crippen LogP) is 2.99. The molecule has 78 valence electrons. The molecule has 1 N–H and O–H groups in total. The molecule has 0 aromatic carbocycles. The molecule has 2 fully saturated rings. The van der Waals surface area contributed by atoms with Crippen LogP contribution >= 0.6 is 0 Å². The van der Waals surface area contributed by atoms with Crippen LogP contribution in [0.4, 0.5) is 0 Å². The van der Waals surface area contributed by atoms with Gasteiger partial charge in [-0.3, -0.25) is 0 Å². The van der Waals surface area contributed by atoms with Crippen molar-refractivity contribution in [3.8, 4) is 0 Å². The minimum atomic E-state index is -0.758. The molecule has 0 aliphatic heterocycles. The molecule has 0 aromatic rings. The topological polar surface area (TPSA) is 37.3 Å². The molecule has 0 radical (unpaired) electrons. The van der Waals surface area contributed by atoms with Crippen LogP contribution in [0.5, 0.6) is 0 Å². The van der Waals surface area contributed by atoms with Gasteiger partial charge in [0, 0.05) is 6.08 Å². The summed E-state index contributed by atoms with van der Waals surface area (Å²) in [6.45, 7) is 0. The van der Waals surface area contributed by atoms with E-state index in [0.717, 1.165) is 12.3 Å². The monoisotopic (exact) mass is 194 g/mol. The van der Waals surface area contributed by atoms with Crippen molar-refractivity contribution in [2.75, 3.05) is 0 Å². The van der Waals surface area contributed by atoms with Crippen LogP contribution in [0.15, 0.2) is 11.6 Å². The SMILES string of the molecule is O=C(O)/C=C1\CCCC2CCCCC12. The lowest BCUT2D eigenvalue weighted by molar-refractivity contribution is -0.131. The second-order valence-corrected chi connectivity index (χ2v) is 4.60. The molecule has 14 heavy (non-hydrogen) atoms. The molecular weight excluding hydrogens is 176 g/mol. The molecule has 0 spiro atoms. The van der Waals surface area contributed by atoms with Gasteiger partial charge < -0.3 is 5.11 Å². The third kappa shape index (κ3) is 1.99. The van der Waals surface area contributed by atoms with Crippen LogP contribution in [0, 0.1) is 11.8 Å². The standard InChI is InChI=1S/C12H18O2/c13-12(14)8-10-6-3-5-9-4-1-2-7-11(9)10/h8-9,11H,1-7H2,(H,13,14)/b10-8+. The molecule has 0 aromatic heterocycles. The van der Waals surface area contributed by atoms with Gasteiger partial charge in [0.1, 0.15) is 0 Å². The van der Waals surface area contributed by atoms with Gasteiger partial charge in [-0.25, -0.2) is 4.79 Å². The second kappa shape index (κ2) is 4.16. The summed E-state index contributed by atoms with van der Waals surface area (Å²) in [6.07, 6.45) is 10.2. The van der Waals surface area contributed by atoms with Gasteiger partial charge in [-0.15, -0.1) is 0 Å². The Bertz CT molecular complexity index is 253. The van der Waals surface area contributed by atoms with Crippen LogP contribution in [-0.2, 0) is 4.79 Å². The van der Waals surface area contributed by atoms with E-state index >= 15 is 0 Å². The molecule has 2 atom stereocenters. The van der Waals surface area contributed by atoms with Gasteiger partial charge in [0.05, 0.1) is 0 Å². The number of aliphatic carboxylic acids is 1. The van der Waals surface area contributed by atoms with Crippen molar-refractivity contribution in [1.29, 1.82) is 0 Å². The maximum absolute atomic E-state index is 10.7. The van der Waals surface area contributed by atoms with E-state index in [1.165, 1.54) is 50.2 Å². The fraction of sp³-hybridized carbons (Fsp3) is 0.750. The van der Waals surface area contributed by atoms with Crippen molar-refractivity contribution < 1.29 is 9.90 Å². The van der Waals surface area contributed by atoms with E-state index in [4.69, 9.17) is 5.11 Å². The summed E-state index contributed by atoms with van der Waals surface area (Å²) < 4.78 is 0. The first-order chi connectivity index (χ1) is 6.77. The number of hydrogen-bond donors (Lipinski definition) is 1. The van der Waals surface area contributed by atoms with Crippen LogP contribution < -0.4 is 0 Å². The molecule has 0 bridgehead atoms. The summed E-state index contributed by atoms with van der Waals surface area (Å²) in [5.74, 6) is 0.642. The Balaban J connectivity index is 2.12. The highest BCUT2D eigenvalue weighted by Crippen LogP contribution is 2.43. The normalized spacial score (nSPS) is 35.3. The third-order valence-corrected chi connectivity index (χ3v) is 3.73. The van der Waals surface area contributed by atoms with Gasteiger partial charge in [0.25, 0.3) is 0 Å². The maximum Gasteiger partial charge on any atom is 0.328 e. The summed E-state index contributed by atoms with van der Waals surface area (Å²) in [5.41, 5.74) is 1.22. The zero-order valence-corrected chi connectivity index (χ0v) is 8.54. The quantitative estimate of drug-likeness (QED) is 0.651. The van der Waals surface area contributed by atoms with Crippen molar-refractivity contribution >= 4 is 5.97 Å². The minimum absolute atomic E-state index is 0.605. The van der Waals surface area contributed by atoms with Crippen molar-refractivity contribution in [3.05, 3.63) is 11.6 Å². The van der Waals surface area contributed by atoms with E-state index in [1.54, 1.807) is 0 Å². The average molecular weight is 194 g/mol. The van der Waals surface area contributed by atoms with E-state index in [2.05, 4.69) is 0 Å². The molecule has 2 saturated carbocycles. The van der Waals surface area contributed by atoms with Crippen molar-refractivity contribution in [3.63, 3.8) is 0 Å². The highest BCUT2D eigenvalue weighted by Gasteiger charge is 2.31. The fourth-order valence-electron chi connectivity index (χ4n) is 3.13. The van der Waals surface area contributed by atoms with Gasteiger partial charge in [-0.1, -0.05) is 18.4 Å². The van der Waals surface area contributed by atoms with Crippen molar-refractivity contribution in [1.82, 2.24) is 0 Å². The number of carboxylic acid groups (broad SMARTS) is 1. The predicted molar refractivity (Wildman–Crippen MR) is 55.0 cm³/mol. The largest absolute Gasteiger partial charge is 0.478 e. The van der Waals surface area contributed by atoms with Crippen LogP contribution in [0.3, 0.4) is 0 Å². The first-order valence-corrected chi connectivity index (χ1v) is 5.71. The van der Waals surface area contributed by atoms with E-state index in [-0.39, 0.29) is 0 Å². The van der Waals surface area contributed by atoms with E-state index in [1.807, 2.05) is 0 Å². The molecule has 0 saturated heterocycles. The van der Waals surface area contributed by atoms with Crippen LogP contribution in [-0.4, -0.2) is 11.1 Å². The molecule has 0 amide bonds. The summed E-state index contributed by atoms with van der Waals surface area (Å²) in [4.78, 5) is 10.7. The number of carboxylic acids is 1. The summed E-state index contributed by atoms with van der Waals surface area (Å²) in [5, 5.41) is 8.78. The number of fused-ring (bicyclic) bond motifs is 1. The molecule has 2 aliphatic rings. The fourth-order valence-corrected chi connectivity index (χ4v) is 3.13. The Hall–Kier alpha value is -0.790. The number of hydrogen-bond acceptors (Lipinski definition) is 1. The minimum Gasteiger partial charge on any atom is -0.478 e. The van der Waals surface area contributed by atoms with Gasteiger partial charge >= 0.3 is 5.97 Å². The molecular formula is C12H18O2. The molecule has 2 aliphatic carbocycles. The molecule has 2 unspecified atom stereocenters. The Kier molecular flexibility index (Phi) is 2.90. The maximum atomic E-state index is 10.7. The summed E-state index contributed by atoms with van der Waals surface area (Å²) >= 11 is 0. The lowest BCUT2D eigenvalue weighted by Gasteiger charge is -2.37. The molecule has 2 heteroatoms. The highest BCUT2D eigenvalue weighted by atomic mass is 16.4. The molecule has 2 nitrogen and oxygen atoms in total. The first kappa shape index (κ1) is 9.75. The van der Waals surface area contributed by atoms with Crippen molar-refractivity contribution in [2.24, 2.45) is 11.8 Å². The Morgan fingerprint density at radius 2 is 1.93 bits per heavy atom. The van der Waals surface area contributed by atoms with Crippen molar-refractivity contribution in [2.45, 2.75) is 44.9 Å². The lowest BCUT2D eigenvalue weighted by atomic mass is 9.68. The second-order valence-electron chi connectivity index (χ2n) is 4.60. The third-order valence-electron chi connectivity index (χ3n) is 3.73. The van der Waals surface area contributed by atoms with Crippen LogP contribution in [0.25, 0.3) is 0 Å². The van der Waals surface area contributed by atoms with Gasteiger partial charge in [0.2, 0.25) is 0 Å². The van der Waals surface area contributed by atoms with Crippen LogP contribution in [0.2, 0.25) is 0 Å². The van der Waals surface area contributed by atoms with E-state index < -0.39 is 5.97 Å². The molecule has 2 rings (SSSR count). The zero-order chi connectivity index (χ0) is 9.97. The Morgan fingerprint density at radius 1 is 1.21 bits per heavy atom. The molecule has 0 heterocycles. The Labute approximate surface area is 85.0 Å². The smallest absolute Gasteiger partial charge is 0.328 e. The van der Waals surface area contributed by atoms with Gasteiger partial charge in [-0.2, -0.15) is 0 Å². The lowest BCUT2D eigenvalue weighted by Crippen LogP contribution is -2.25. The van der Waals surface area contributed by atoms with Gasteiger partial charge in [-0.05, 0) is 43.9 Å². The number of allylic oxidation sites excluding steroid dienone is 1. The first-order valence-electron chi connectivity index (χ1n) is 5.71. The average Bonchev–Trinajstić information content (AvgIpc) is 2.18. The Morgan fingerprint density at radius 3 is 2.71 bits per heavy atom. The number of rotatable bonds is 1. The van der Waals surface area contributed by atoms with Crippen LogP contribution in [0.1, 0.15) is 44.9 Å². The van der Waals surface area contributed by atoms with Gasteiger partial charge in [0.15, 0.2) is 0 Å². The van der Waals surface area contributed by atoms with E-state index in [9.17, 15) is 4.79 Å². The summed E-state index contributed by atoms with van der Waals surface area (Å²) in [6, 6.07) is 0. The zero-order valence-electron chi connectivity index (χ0n) is 8.54. The number of carbonyl (C=O) groups is 1. The highest BCUT2D eigenvalue weighted by molar-refractivity contribution is 5.80. The van der Waals surface area contributed by atoms with E-state index in [0.29, 0.717) is 5.92 Å². The summed E-state index contributed by atoms with van der Waals surface area (Å²) in [7, 11) is 0.